The molecule has 2 rings (SSSR count). The first kappa shape index (κ1) is 18.2. The average molecular weight is 277 g/mol. The lowest BCUT2D eigenvalue weighted by Gasteiger charge is -2.00. The molecule has 2 aromatic rings. The van der Waals surface area contributed by atoms with Crippen LogP contribution < -0.4 is 0 Å². The summed E-state index contributed by atoms with van der Waals surface area (Å²) in [6.45, 7) is 10.0. The highest BCUT2D eigenvalue weighted by Crippen LogP contribution is 2.25. The molecule has 0 aliphatic heterocycles. The number of carboxylic acid groups (broad SMARTS) is 1. The molecule has 1 N–H and O–H groups in total. The highest BCUT2D eigenvalue weighted by Gasteiger charge is 2.11. The summed E-state index contributed by atoms with van der Waals surface area (Å²) >= 11 is 0. The Labute approximate surface area is 122 Å². The number of benzene rings is 1. The number of hydrogen-bond donors (Lipinski definition) is 1. The molecule has 0 spiro atoms. The van der Waals surface area contributed by atoms with Gasteiger partial charge in [-0.2, -0.15) is 0 Å². The third-order valence-corrected chi connectivity index (χ3v) is 3.12. The lowest BCUT2D eigenvalue weighted by Crippen LogP contribution is -1.99. The fourth-order valence-electron chi connectivity index (χ4n) is 2.15. The van der Waals surface area contributed by atoms with Gasteiger partial charge >= 0.3 is 5.97 Å². The Morgan fingerprint density at radius 3 is 2.25 bits per heavy atom. The van der Waals surface area contributed by atoms with Gasteiger partial charge in [0, 0.05) is 30.1 Å². The summed E-state index contributed by atoms with van der Waals surface area (Å²) in [5.74, 6) is -0.743. The van der Waals surface area contributed by atoms with Crippen molar-refractivity contribution in [2.24, 2.45) is 7.05 Å². The smallest absolute Gasteiger partial charge is 0.303 e. The topological polar surface area (TPSA) is 42.2 Å². The molecule has 0 atom stereocenters. The van der Waals surface area contributed by atoms with Gasteiger partial charge in [0.2, 0.25) is 0 Å². The van der Waals surface area contributed by atoms with Crippen LogP contribution in [0.15, 0.2) is 24.3 Å². The van der Waals surface area contributed by atoms with Crippen LogP contribution in [-0.4, -0.2) is 15.6 Å². The molecule has 1 aromatic carbocycles. The Morgan fingerprint density at radius 2 is 1.70 bits per heavy atom. The van der Waals surface area contributed by atoms with Gasteiger partial charge in [0.25, 0.3) is 0 Å². The molecule has 0 saturated carbocycles. The zero-order chi connectivity index (χ0) is 15.7. The van der Waals surface area contributed by atoms with Crippen LogP contribution in [0.4, 0.5) is 0 Å². The predicted octanol–water partition coefficient (Wildman–Crippen LogP) is 4.56. The molecule has 3 nitrogen and oxygen atoms in total. The first-order valence-electron chi connectivity index (χ1n) is 7.36. The van der Waals surface area contributed by atoms with Gasteiger partial charge in [0.1, 0.15) is 0 Å². The van der Waals surface area contributed by atoms with E-state index in [1.165, 1.54) is 10.9 Å². The second-order valence-corrected chi connectivity index (χ2v) is 4.03. The van der Waals surface area contributed by atoms with Gasteiger partial charge in [-0.25, -0.2) is 0 Å². The molecule has 0 aliphatic carbocycles. The second kappa shape index (κ2) is 9.18. The van der Waals surface area contributed by atoms with E-state index >= 15 is 0 Å². The number of aryl methyl sites for hydroxylation is 2. The van der Waals surface area contributed by atoms with E-state index in [0.717, 1.165) is 11.3 Å². The van der Waals surface area contributed by atoms with E-state index < -0.39 is 5.97 Å². The standard InChI is InChI=1S/C13H15NO2.2C2H6/c1-9-10(7-8-13(15)16)11-5-3-4-6-12(11)14(9)2;2*1-2/h3-6H,7-8H2,1-2H3,(H,15,16);2*1-2H3. The lowest BCUT2D eigenvalue weighted by molar-refractivity contribution is -0.136. The van der Waals surface area contributed by atoms with E-state index in [2.05, 4.69) is 16.7 Å². The van der Waals surface area contributed by atoms with Crippen molar-refractivity contribution in [1.82, 2.24) is 4.57 Å². The molecule has 0 fully saturated rings. The highest BCUT2D eigenvalue weighted by molar-refractivity contribution is 5.85. The predicted molar refractivity (Wildman–Crippen MR) is 86.3 cm³/mol. The maximum Gasteiger partial charge on any atom is 0.303 e. The number of fused-ring (bicyclic) bond motifs is 1. The number of aliphatic carboxylic acids is 1. The molecular weight excluding hydrogens is 250 g/mol. The van der Waals surface area contributed by atoms with Crippen LogP contribution >= 0.6 is 0 Å². The number of carbonyl (C=O) groups is 1. The molecule has 0 radical (unpaired) electrons. The number of carboxylic acids is 1. The molecule has 1 aromatic heterocycles. The van der Waals surface area contributed by atoms with Crippen molar-refractivity contribution < 1.29 is 9.90 Å². The zero-order valence-electron chi connectivity index (χ0n) is 13.5. The van der Waals surface area contributed by atoms with Gasteiger partial charge in [0.15, 0.2) is 0 Å². The third kappa shape index (κ3) is 4.12. The third-order valence-electron chi connectivity index (χ3n) is 3.12. The van der Waals surface area contributed by atoms with Crippen LogP contribution in [0.3, 0.4) is 0 Å². The van der Waals surface area contributed by atoms with Gasteiger partial charge in [-0.3, -0.25) is 4.79 Å². The van der Waals surface area contributed by atoms with Gasteiger partial charge in [0.05, 0.1) is 0 Å². The summed E-state index contributed by atoms with van der Waals surface area (Å²) in [6.07, 6.45) is 0.789. The summed E-state index contributed by atoms with van der Waals surface area (Å²) in [7, 11) is 2.02. The maximum absolute atomic E-state index is 10.6. The quantitative estimate of drug-likeness (QED) is 0.893. The van der Waals surface area contributed by atoms with Crippen molar-refractivity contribution in [3.8, 4) is 0 Å². The minimum atomic E-state index is -0.743. The summed E-state index contributed by atoms with van der Waals surface area (Å²) in [5, 5.41) is 9.91. The molecule has 3 heteroatoms. The van der Waals surface area contributed by atoms with Gasteiger partial charge in [-0.05, 0) is 25.0 Å². The molecule has 1 heterocycles. The van der Waals surface area contributed by atoms with E-state index in [-0.39, 0.29) is 6.42 Å². The van der Waals surface area contributed by atoms with Crippen LogP contribution in [0, 0.1) is 6.92 Å². The van der Waals surface area contributed by atoms with E-state index in [9.17, 15) is 4.79 Å². The Bertz CT molecular complexity index is 541. The van der Waals surface area contributed by atoms with Crippen molar-refractivity contribution in [3.63, 3.8) is 0 Å². The molecule has 0 amide bonds. The summed E-state index contributed by atoms with van der Waals surface area (Å²) in [5.41, 5.74) is 3.48. The van der Waals surface area contributed by atoms with E-state index in [0.29, 0.717) is 6.42 Å². The Balaban J connectivity index is 0.000000829. The van der Waals surface area contributed by atoms with Crippen molar-refractivity contribution in [3.05, 3.63) is 35.5 Å². The number of para-hydroxylation sites is 1. The molecule has 112 valence electrons. The highest BCUT2D eigenvalue weighted by atomic mass is 16.4. The van der Waals surface area contributed by atoms with Crippen LogP contribution in [0.5, 0.6) is 0 Å². The maximum atomic E-state index is 10.6. The minimum Gasteiger partial charge on any atom is -0.481 e. The van der Waals surface area contributed by atoms with E-state index in [1.54, 1.807) is 0 Å². The first-order valence-corrected chi connectivity index (χ1v) is 7.36. The zero-order valence-corrected chi connectivity index (χ0v) is 13.5. The number of hydrogen-bond acceptors (Lipinski definition) is 1. The number of nitrogens with zero attached hydrogens (tertiary/aromatic N) is 1. The van der Waals surface area contributed by atoms with Crippen molar-refractivity contribution in [2.45, 2.75) is 47.5 Å². The number of rotatable bonds is 3. The van der Waals surface area contributed by atoms with Crippen molar-refractivity contribution >= 4 is 16.9 Å². The van der Waals surface area contributed by atoms with Crippen LogP contribution in [0.25, 0.3) is 10.9 Å². The Hall–Kier alpha value is -1.77. The van der Waals surface area contributed by atoms with Crippen LogP contribution in [-0.2, 0) is 18.3 Å². The molecule has 0 bridgehead atoms. The summed E-state index contributed by atoms with van der Waals surface area (Å²) in [4.78, 5) is 10.6. The average Bonchev–Trinajstić information content (AvgIpc) is 2.74. The monoisotopic (exact) mass is 277 g/mol. The molecule has 0 aliphatic rings. The second-order valence-electron chi connectivity index (χ2n) is 4.03. The summed E-state index contributed by atoms with van der Waals surface area (Å²) in [6, 6.07) is 8.11. The lowest BCUT2D eigenvalue weighted by atomic mass is 10.1. The van der Waals surface area contributed by atoms with Crippen molar-refractivity contribution in [1.29, 1.82) is 0 Å². The van der Waals surface area contributed by atoms with Gasteiger partial charge in [-0.1, -0.05) is 45.9 Å². The summed E-state index contributed by atoms with van der Waals surface area (Å²) < 4.78 is 2.12. The fourth-order valence-corrected chi connectivity index (χ4v) is 2.15. The molecule has 20 heavy (non-hydrogen) atoms. The van der Waals surface area contributed by atoms with E-state index in [1.807, 2.05) is 53.8 Å². The van der Waals surface area contributed by atoms with Gasteiger partial charge < -0.3 is 9.67 Å². The molecule has 0 saturated heterocycles. The van der Waals surface area contributed by atoms with Crippen LogP contribution in [0.2, 0.25) is 0 Å². The fraction of sp³-hybridized carbons (Fsp3) is 0.471. The number of aromatic nitrogens is 1. The van der Waals surface area contributed by atoms with Gasteiger partial charge in [-0.15, -0.1) is 0 Å². The minimum absolute atomic E-state index is 0.189. The van der Waals surface area contributed by atoms with E-state index in [4.69, 9.17) is 5.11 Å². The molecular formula is C17H27NO2. The normalized spacial score (nSPS) is 9.30. The molecule has 0 unspecified atom stereocenters. The van der Waals surface area contributed by atoms with Crippen molar-refractivity contribution in [2.75, 3.05) is 0 Å². The Kier molecular flexibility index (Phi) is 8.37. The van der Waals surface area contributed by atoms with Crippen LogP contribution in [0.1, 0.15) is 45.4 Å². The first-order chi connectivity index (χ1) is 9.61. The largest absolute Gasteiger partial charge is 0.481 e. The SMILES string of the molecule is CC.CC.Cc1c(CCC(=O)O)c2ccccc2n1C. The Morgan fingerprint density at radius 1 is 1.15 bits per heavy atom.